The lowest BCUT2D eigenvalue weighted by Crippen LogP contribution is -1.92. The van der Waals surface area contributed by atoms with Gasteiger partial charge in [0.2, 0.25) is 0 Å². The first-order chi connectivity index (χ1) is 66.9. The molecule has 0 N–H and O–H groups in total. The number of fused-ring (bicyclic) bond motifs is 29. The number of hydrogen-bond donors (Lipinski definition) is 0. The number of furan rings is 3. The molecule has 0 fully saturated rings. The summed E-state index contributed by atoms with van der Waals surface area (Å²) in [6.07, 6.45) is 0. The highest BCUT2D eigenvalue weighted by Gasteiger charge is 2.26. The second kappa shape index (κ2) is 30.9. The lowest BCUT2D eigenvalue weighted by atomic mass is 9.95. The number of benzene rings is 21. The minimum absolute atomic E-state index is 0.916. The third kappa shape index (κ3) is 12.3. The van der Waals surface area contributed by atoms with E-state index in [-0.39, 0.29) is 0 Å². The molecule has 9 heterocycles. The summed E-state index contributed by atoms with van der Waals surface area (Å²) in [7, 11) is 0. The topological polar surface area (TPSA) is 54.2 Å². The molecule has 9 aromatic heterocycles. The van der Waals surface area contributed by atoms with Crippen LogP contribution in [0.5, 0.6) is 0 Å². The summed E-state index contributed by atoms with van der Waals surface area (Å²) in [6, 6.07) is 164. The molecule has 0 saturated carbocycles. The standard InChI is InChI=1S/3C42H25NOS/c1-2-14-29(15-3-1)43-36-21-7-6-17-33(36)42-39(43)35-20-9-19-32(41(35)45-42)28-13-8-12-27(25-28)30-18-10-22-37-38(30)34-24-23-26-11-4-5-16-31(26)40(34)44-37;1-2-13-30(14-3-1)43-36-19-7-6-16-33(36)42-40(43)35-18-9-17-32(41(35)45-42)29-12-8-11-27(24-29)28-20-22-34-38(25-28)44-37-23-21-26-10-4-5-15-31(26)39(34)37;1-2-14-31(15-3-1)43-37-19-7-6-16-34(37)42-40(43)35-18-9-17-32(41(35)45-42)30-13-8-12-26(22-30)29-20-21-33-36-23-27-10-4-5-11-28(27)24-39(36)44-38(33)25-29/h3*1-25H. The average Bonchev–Trinajstić information content (AvgIpc) is 1.56. The fourth-order valence-corrected chi connectivity index (χ4v) is 25.5. The summed E-state index contributed by atoms with van der Waals surface area (Å²) in [4.78, 5) is 0. The summed E-state index contributed by atoms with van der Waals surface area (Å²) in [5, 5.41) is 21.9. The minimum atomic E-state index is 0.916. The molecule has 630 valence electrons. The number of para-hydroxylation sites is 6. The fraction of sp³-hybridized carbons (Fsp3) is 0. The van der Waals surface area contributed by atoms with Crippen molar-refractivity contribution in [2.24, 2.45) is 0 Å². The molecular weight excluding hydrogens is 1700 g/mol. The van der Waals surface area contributed by atoms with Crippen molar-refractivity contribution in [3.05, 3.63) is 455 Å². The molecule has 21 aromatic carbocycles. The van der Waals surface area contributed by atoms with Crippen LogP contribution in [0.3, 0.4) is 0 Å². The van der Waals surface area contributed by atoms with Crippen LogP contribution in [-0.4, -0.2) is 13.7 Å². The van der Waals surface area contributed by atoms with Crippen molar-refractivity contribution < 1.29 is 13.3 Å². The Hall–Kier alpha value is -16.9. The zero-order chi connectivity index (χ0) is 88.5. The summed E-state index contributed by atoms with van der Waals surface area (Å²) in [6.45, 7) is 0. The maximum Gasteiger partial charge on any atom is 0.143 e. The quantitative estimate of drug-likeness (QED) is 0.145. The molecule has 135 heavy (non-hydrogen) atoms. The number of rotatable bonds is 9. The van der Waals surface area contributed by atoms with Crippen molar-refractivity contribution >= 4 is 226 Å². The smallest absolute Gasteiger partial charge is 0.143 e. The molecule has 0 unspecified atom stereocenters. The zero-order valence-corrected chi connectivity index (χ0v) is 75.0. The van der Waals surface area contributed by atoms with Gasteiger partial charge in [-0.05, 0) is 221 Å². The molecule has 0 radical (unpaired) electrons. The van der Waals surface area contributed by atoms with Crippen molar-refractivity contribution in [2.75, 3.05) is 0 Å². The van der Waals surface area contributed by atoms with Gasteiger partial charge in [0.1, 0.15) is 33.5 Å². The Morgan fingerprint density at radius 1 is 0.163 bits per heavy atom. The van der Waals surface area contributed by atoms with Gasteiger partial charge in [0.05, 0.1) is 47.2 Å². The molecule has 0 aliphatic heterocycles. The predicted octanol–water partition coefficient (Wildman–Crippen LogP) is 37.2. The molecule has 0 aliphatic carbocycles. The Bertz CT molecular complexity index is 10100. The molecule has 9 heteroatoms. The van der Waals surface area contributed by atoms with Gasteiger partial charge in [0.15, 0.2) is 0 Å². The van der Waals surface area contributed by atoms with Crippen molar-refractivity contribution in [3.8, 4) is 83.8 Å². The predicted molar refractivity (Wildman–Crippen MR) is 575 cm³/mol. The molecule has 30 aromatic rings. The Morgan fingerprint density at radius 2 is 0.504 bits per heavy atom. The highest BCUT2D eigenvalue weighted by Crippen LogP contribution is 2.52. The third-order valence-electron chi connectivity index (χ3n) is 27.5. The van der Waals surface area contributed by atoms with Crippen LogP contribution in [0.25, 0.3) is 276 Å². The van der Waals surface area contributed by atoms with Gasteiger partial charge in [-0.3, -0.25) is 0 Å². The van der Waals surface area contributed by atoms with Crippen LogP contribution in [0.4, 0.5) is 0 Å². The van der Waals surface area contributed by atoms with E-state index >= 15 is 0 Å². The van der Waals surface area contributed by atoms with E-state index in [9.17, 15) is 0 Å². The van der Waals surface area contributed by atoms with Crippen molar-refractivity contribution in [2.45, 2.75) is 0 Å². The fourth-order valence-electron chi connectivity index (χ4n) is 21.4. The third-order valence-corrected chi connectivity index (χ3v) is 31.3. The van der Waals surface area contributed by atoms with Gasteiger partial charge in [-0.2, -0.15) is 0 Å². The van der Waals surface area contributed by atoms with Gasteiger partial charge < -0.3 is 27.0 Å². The van der Waals surface area contributed by atoms with Gasteiger partial charge in [-0.25, -0.2) is 0 Å². The van der Waals surface area contributed by atoms with Crippen LogP contribution >= 0.6 is 34.0 Å². The van der Waals surface area contributed by atoms with Crippen molar-refractivity contribution in [3.63, 3.8) is 0 Å². The summed E-state index contributed by atoms with van der Waals surface area (Å²) in [5.41, 5.74) is 31.1. The Kier molecular flexibility index (Phi) is 17.6. The van der Waals surface area contributed by atoms with Crippen molar-refractivity contribution in [1.29, 1.82) is 0 Å². The summed E-state index contributed by atoms with van der Waals surface area (Å²) < 4.78 is 34.5. The molecule has 0 aliphatic rings. The second-order valence-electron chi connectivity index (χ2n) is 35.1. The summed E-state index contributed by atoms with van der Waals surface area (Å²) >= 11 is 5.70. The molecule has 0 spiro atoms. The Balaban J connectivity index is 0.000000101. The van der Waals surface area contributed by atoms with Crippen LogP contribution in [0.1, 0.15) is 0 Å². The SMILES string of the molecule is c1ccc(-n2c3ccccc3c3sc4c(-c5cccc(-c6ccc7c(c6)oc6cc8ccccc8cc67)c5)cccc4c32)cc1.c1ccc(-n2c3ccccc3c3sc4c(-c5cccc(-c6ccc7c(c6)oc6ccc8ccccc8c67)c5)cccc4c32)cc1.c1ccc(-n2c3ccccc3c3sc4c(-c5cccc(-c6cccc7oc8c9ccccc9ccc8c67)c5)cccc4c32)cc1. The molecule has 6 nitrogen and oxygen atoms in total. The Labute approximate surface area is 785 Å². The number of aromatic nitrogens is 3. The molecule has 30 rings (SSSR count). The zero-order valence-electron chi connectivity index (χ0n) is 72.6. The number of hydrogen-bond acceptors (Lipinski definition) is 6. The maximum atomic E-state index is 6.51. The largest absolute Gasteiger partial charge is 0.456 e. The highest BCUT2D eigenvalue weighted by molar-refractivity contribution is 7.28. The van der Waals surface area contributed by atoms with Crippen LogP contribution in [0.15, 0.2) is 468 Å². The Morgan fingerprint density at radius 3 is 1.01 bits per heavy atom. The van der Waals surface area contributed by atoms with Crippen LogP contribution in [0, 0.1) is 0 Å². The van der Waals surface area contributed by atoms with E-state index in [1.807, 2.05) is 34.0 Å². The first-order valence-corrected chi connectivity index (χ1v) is 48.2. The summed E-state index contributed by atoms with van der Waals surface area (Å²) in [5.74, 6) is 0. The minimum Gasteiger partial charge on any atom is -0.456 e. The van der Waals surface area contributed by atoms with Gasteiger partial charge in [-0.1, -0.05) is 328 Å². The molecule has 0 amide bonds. The van der Waals surface area contributed by atoms with Gasteiger partial charge in [-0.15, -0.1) is 34.0 Å². The van der Waals surface area contributed by atoms with Gasteiger partial charge >= 0.3 is 0 Å². The maximum absolute atomic E-state index is 6.51. The first-order valence-electron chi connectivity index (χ1n) is 45.8. The van der Waals surface area contributed by atoms with E-state index in [1.165, 1.54) is 204 Å². The van der Waals surface area contributed by atoms with E-state index in [0.29, 0.717) is 0 Å². The molecule has 0 bridgehead atoms. The van der Waals surface area contributed by atoms with Crippen molar-refractivity contribution in [1.82, 2.24) is 13.7 Å². The monoisotopic (exact) mass is 1770 g/mol. The highest BCUT2D eigenvalue weighted by atomic mass is 32.1. The van der Waals surface area contributed by atoms with Gasteiger partial charge in [0, 0.05) is 101 Å². The number of thiophene rings is 3. The van der Waals surface area contributed by atoms with E-state index in [0.717, 1.165) is 71.6 Å². The average molecular weight is 1780 g/mol. The van der Waals surface area contributed by atoms with E-state index in [2.05, 4.69) is 469 Å². The molecular formula is C126H75N3O3S3. The normalized spacial score (nSPS) is 12.0. The number of nitrogens with zero attached hydrogens (tertiary/aromatic N) is 3. The second-order valence-corrected chi connectivity index (χ2v) is 38.2. The lowest BCUT2D eigenvalue weighted by Gasteiger charge is -2.10. The van der Waals surface area contributed by atoms with E-state index < -0.39 is 0 Å². The molecule has 0 atom stereocenters. The van der Waals surface area contributed by atoms with Crippen LogP contribution in [-0.2, 0) is 0 Å². The first kappa shape index (κ1) is 76.9. The van der Waals surface area contributed by atoms with E-state index in [4.69, 9.17) is 13.3 Å². The van der Waals surface area contributed by atoms with Gasteiger partial charge in [0.25, 0.3) is 0 Å². The van der Waals surface area contributed by atoms with Crippen LogP contribution in [0.2, 0.25) is 0 Å². The van der Waals surface area contributed by atoms with Crippen LogP contribution < -0.4 is 0 Å². The van der Waals surface area contributed by atoms with E-state index in [1.54, 1.807) is 0 Å². The lowest BCUT2D eigenvalue weighted by molar-refractivity contribution is 0.669. The molecule has 0 saturated heterocycles.